The van der Waals surface area contributed by atoms with E-state index in [9.17, 15) is 26.3 Å². The number of aryl methyl sites for hydroxylation is 1. The van der Waals surface area contributed by atoms with Crippen molar-refractivity contribution in [3.8, 4) is 0 Å². The van der Waals surface area contributed by atoms with Crippen molar-refractivity contribution >= 4 is 23.3 Å². The van der Waals surface area contributed by atoms with Crippen LogP contribution in [0.1, 0.15) is 36.3 Å². The van der Waals surface area contributed by atoms with Crippen LogP contribution in [0.3, 0.4) is 0 Å². The number of rotatable bonds is 6. The molecule has 1 atom stereocenters. The van der Waals surface area contributed by atoms with Crippen molar-refractivity contribution in [3.63, 3.8) is 0 Å². The van der Waals surface area contributed by atoms with Gasteiger partial charge in [-0.3, -0.25) is 4.90 Å². The zero-order valence-corrected chi connectivity index (χ0v) is 22.0. The average molecular weight is 578 g/mol. The highest BCUT2D eigenvalue weighted by Gasteiger charge is 2.47. The van der Waals surface area contributed by atoms with Crippen molar-refractivity contribution < 1.29 is 50.9 Å². The van der Waals surface area contributed by atoms with E-state index in [1.165, 1.54) is 62.4 Å². The van der Waals surface area contributed by atoms with E-state index in [0.29, 0.717) is 5.41 Å². The summed E-state index contributed by atoms with van der Waals surface area (Å²) in [4.78, 5) is 28.8. The summed E-state index contributed by atoms with van der Waals surface area (Å²) in [5.41, 5.74) is 3.69. The van der Waals surface area contributed by atoms with E-state index in [1.807, 2.05) is 5.51 Å². The lowest BCUT2D eigenvalue weighted by molar-refractivity contribution is -0.193. The number of likely N-dealkylation sites (tertiary alicyclic amines) is 2. The molecule has 38 heavy (non-hydrogen) atoms. The van der Waals surface area contributed by atoms with Gasteiger partial charge in [0.1, 0.15) is 0 Å². The summed E-state index contributed by atoms with van der Waals surface area (Å²) in [5, 5.41) is 14.2. The molecule has 8 nitrogen and oxygen atoms in total. The first-order chi connectivity index (χ1) is 17.5. The number of hydrogen-bond donors (Lipinski definition) is 2. The number of ether oxygens (including phenoxy) is 1. The van der Waals surface area contributed by atoms with Crippen LogP contribution in [-0.2, 0) is 20.9 Å². The maximum Gasteiger partial charge on any atom is 0.490 e. The van der Waals surface area contributed by atoms with Gasteiger partial charge in [-0.2, -0.15) is 26.3 Å². The fourth-order valence-corrected chi connectivity index (χ4v) is 5.41. The summed E-state index contributed by atoms with van der Waals surface area (Å²) < 4.78 is 69.6. The van der Waals surface area contributed by atoms with Gasteiger partial charge in [-0.25, -0.2) is 14.6 Å². The number of piperidine rings is 1. The summed E-state index contributed by atoms with van der Waals surface area (Å²) in [7, 11) is 2.29. The Labute approximate surface area is 220 Å². The fraction of sp³-hybridized carbons (Fsp3) is 0.783. The minimum Gasteiger partial charge on any atom is -0.475 e. The molecular formula is C23H33F6N3O5S. The van der Waals surface area contributed by atoms with E-state index in [-0.39, 0.29) is 0 Å². The van der Waals surface area contributed by atoms with Gasteiger partial charge in [0.2, 0.25) is 0 Å². The largest absolute Gasteiger partial charge is 0.490 e. The molecule has 2 saturated heterocycles. The third kappa shape index (κ3) is 10.3. The van der Waals surface area contributed by atoms with Gasteiger partial charge in [-0.15, -0.1) is 11.3 Å². The van der Waals surface area contributed by atoms with Crippen LogP contribution in [-0.4, -0.2) is 95.7 Å². The Balaban J connectivity index is 0.000000301. The van der Waals surface area contributed by atoms with Gasteiger partial charge < -0.3 is 19.8 Å². The van der Waals surface area contributed by atoms with E-state index in [4.69, 9.17) is 24.5 Å². The molecule has 15 heteroatoms. The molecule has 1 saturated carbocycles. The van der Waals surface area contributed by atoms with Gasteiger partial charge in [0, 0.05) is 37.0 Å². The first-order valence-corrected chi connectivity index (χ1v) is 12.9. The Bertz CT molecular complexity index is 890. The highest BCUT2D eigenvalue weighted by atomic mass is 32.1. The molecule has 4 rings (SSSR count). The molecule has 2 N–H and O–H groups in total. The number of carbonyl (C=O) groups is 2. The predicted molar refractivity (Wildman–Crippen MR) is 126 cm³/mol. The van der Waals surface area contributed by atoms with Gasteiger partial charge in [-0.05, 0) is 64.1 Å². The first kappa shape index (κ1) is 32.2. The van der Waals surface area contributed by atoms with Crippen molar-refractivity contribution in [2.24, 2.45) is 17.3 Å². The lowest BCUT2D eigenvalue weighted by Crippen LogP contribution is -2.44. The van der Waals surface area contributed by atoms with Crippen LogP contribution in [0.25, 0.3) is 0 Å². The molecule has 1 aromatic heterocycles. The average Bonchev–Trinajstić information content (AvgIpc) is 3.46. The zero-order valence-electron chi connectivity index (χ0n) is 21.1. The minimum atomic E-state index is -5.08. The lowest BCUT2D eigenvalue weighted by Gasteiger charge is -2.42. The number of nitrogens with zero attached hydrogens (tertiary/aromatic N) is 3. The van der Waals surface area contributed by atoms with E-state index < -0.39 is 24.3 Å². The number of aliphatic carboxylic acids is 2. The normalized spacial score (nSPS) is 21.8. The quantitative estimate of drug-likeness (QED) is 0.483. The van der Waals surface area contributed by atoms with Crippen molar-refractivity contribution in [3.05, 3.63) is 16.1 Å². The second-order valence-corrected chi connectivity index (χ2v) is 10.9. The van der Waals surface area contributed by atoms with Gasteiger partial charge in [0.05, 0.1) is 17.8 Å². The van der Waals surface area contributed by atoms with Gasteiger partial charge in [-0.1, -0.05) is 0 Å². The SMILES string of the molecule is Cc1ncsc1CN1CCC2(CC1)CN(C)CC2COCC1CC1.O=C(O)C(F)(F)F.O=C(O)C(F)(F)F. The van der Waals surface area contributed by atoms with E-state index in [1.54, 1.807) is 11.3 Å². The van der Waals surface area contributed by atoms with Crippen molar-refractivity contribution in [1.29, 1.82) is 0 Å². The fourth-order valence-electron chi connectivity index (χ4n) is 4.60. The Morgan fingerprint density at radius 3 is 2.03 bits per heavy atom. The molecule has 2 aliphatic heterocycles. The molecule has 0 radical (unpaired) electrons. The molecular weight excluding hydrogens is 544 g/mol. The molecule has 1 spiro atoms. The number of aromatic nitrogens is 1. The zero-order chi connectivity index (χ0) is 28.7. The maximum absolute atomic E-state index is 10.6. The van der Waals surface area contributed by atoms with Crippen molar-refractivity contribution in [2.75, 3.05) is 46.4 Å². The van der Waals surface area contributed by atoms with Crippen molar-refractivity contribution in [1.82, 2.24) is 14.8 Å². The Morgan fingerprint density at radius 1 is 1.08 bits per heavy atom. The molecule has 0 bridgehead atoms. The molecule has 3 aliphatic rings. The van der Waals surface area contributed by atoms with Crippen LogP contribution in [0.15, 0.2) is 5.51 Å². The summed E-state index contributed by atoms with van der Waals surface area (Å²) in [6.45, 7) is 10.1. The summed E-state index contributed by atoms with van der Waals surface area (Å²) in [6.07, 6.45) is -4.73. The Morgan fingerprint density at radius 2 is 1.61 bits per heavy atom. The van der Waals surface area contributed by atoms with Crippen LogP contribution in [0.5, 0.6) is 0 Å². The summed E-state index contributed by atoms with van der Waals surface area (Å²) in [6, 6.07) is 0. The highest BCUT2D eigenvalue weighted by Crippen LogP contribution is 2.45. The van der Waals surface area contributed by atoms with Crippen LogP contribution < -0.4 is 0 Å². The van der Waals surface area contributed by atoms with Crippen LogP contribution in [0, 0.1) is 24.2 Å². The number of thiazole rings is 1. The highest BCUT2D eigenvalue weighted by molar-refractivity contribution is 7.09. The molecule has 1 aromatic rings. The molecule has 1 aliphatic carbocycles. The number of alkyl halides is 6. The molecule has 3 fully saturated rings. The van der Waals surface area contributed by atoms with Crippen LogP contribution in [0.4, 0.5) is 26.3 Å². The van der Waals surface area contributed by atoms with Crippen molar-refractivity contribution in [2.45, 2.75) is 51.5 Å². The van der Waals surface area contributed by atoms with Crippen LogP contribution in [0.2, 0.25) is 0 Å². The molecule has 0 aromatic carbocycles. The van der Waals surface area contributed by atoms with E-state index in [0.717, 1.165) is 31.6 Å². The lowest BCUT2D eigenvalue weighted by atomic mass is 9.71. The Kier molecular flexibility index (Phi) is 11.4. The van der Waals surface area contributed by atoms with Gasteiger partial charge in [0.25, 0.3) is 0 Å². The number of hydrogen-bond acceptors (Lipinski definition) is 7. The third-order valence-corrected chi connectivity index (χ3v) is 7.82. The number of halogens is 6. The smallest absolute Gasteiger partial charge is 0.475 e. The minimum absolute atomic E-state index is 0.498. The number of carboxylic acids is 2. The molecule has 3 heterocycles. The first-order valence-electron chi connectivity index (χ1n) is 12.0. The third-order valence-electron chi connectivity index (χ3n) is 6.90. The topological polar surface area (TPSA) is 103 Å². The van der Waals surface area contributed by atoms with E-state index in [2.05, 4.69) is 28.8 Å². The molecule has 218 valence electrons. The monoisotopic (exact) mass is 577 g/mol. The Hall–Kier alpha value is -1.97. The number of carboxylic acid groups (broad SMARTS) is 2. The second kappa shape index (κ2) is 13.4. The second-order valence-electron chi connectivity index (χ2n) is 9.98. The van der Waals surface area contributed by atoms with E-state index >= 15 is 0 Å². The van der Waals surface area contributed by atoms with Crippen LogP contribution >= 0.6 is 11.3 Å². The summed E-state index contributed by atoms with van der Waals surface area (Å²) >= 11 is 1.81. The van der Waals surface area contributed by atoms with Gasteiger partial charge >= 0.3 is 24.3 Å². The molecule has 1 unspecified atom stereocenters. The summed E-state index contributed by atoms with van der Waals surface area (Å²) in [5.74, 6) is -3.90. The standard InChI is InChI=1S/C19H31N3OS.2C2HF3O2/c1-15-18(24-14-20-15)10-22-7-5-19(6-8-22)13-21(2)9-17(19)12-23-11-16-3-4-16;2*3-2(4,5)1(6)7/h14,16-17H,3-13H2,1-2H3;2*(H,6,7). The maximum atomic E-state index is 10.6. The molecule has 0 amide bonds. The predicted octanol–water partition coefficient (Wildman–Crippen LogP) is 4.29. The van der Waals surface area contributed by atoms with Gasteiger partial charge in [0.15, 0.2) is 0 Å².